The fourth-order valence-corrected chi connectivity index (χ4v) is 4.04. The van der Waals surface area contributed by atoms with Gasteiger partial charge in [0.15, 0.2) is 23.1 Å². The second-order valence-electron chi connectivity index (χ2n) is 7.89. The lowest BCUT2D eigenvalue weighted by Gasteiger charge is -2.36. The molecule has 158 valence electrons. The van der Waals surface area contributed by atoms with E-state index in [2.05, 4.69) is 38.0 Å². The summed E-state index contributed by atoms with van der Waals surface area (Å²) in [5.41, 5.74) is 0.629. The average Bonchev–Trinajstić information content (AvgIpc) is 3.27. The Labute approximate surface area is 175 Å². The molecule has 0 atom stereocenters. The minimum atomic E-state index is 0.0180. The van der Waals surface area contributed by atoms with Crippen molar-refractivity contribution in [3.8, 4) is 11.5 Å². The van der Waals surface area contributed by atoms with Crippen LogP contribution in [0.25, 0.3) is 0 Å². The number of rotatable bonds is 3. The van der Waals surface area contributed by atoms with Crippen LogP contribution >= 0.6 is 0 Å². The van der Waals surface area contributed by atoms with E-state index >= 15 is 0 Å². The van der Waals surface area contributed by atoms with Gasteiger partial charge in [-0.3, -0.25) is 4.79 Å². The largest absolute Gasteiger partial charge is 0.454 e. The van der Waals surface area contributed by atoms with E-state index in [0.717, 1.165) is 50.9 Å². The minimum absolute atomic E-state index is 0.0180. The summed E-state index contributed by atoms with van der Waals surface area (Å²) in [4.78, 5) is 21.5. The Balaban J connectivity index is 1.18. The first-order valence-corrected chi connectivity index (χ1v) is 10.4. The lowest BCUT2D eigenvalue weighted by atomic mass is 10.1. The molecule has 9 nitrogen and oxygen atoms in total. The van der Waals surface area contributed by atoms with Crippen molar-refractivity contribution in [3.05, 3.63) is 35.9 Å². The number of benzene rings is 1. The number of amides is 1. The Bertz CT molecular complexity index is 905. The van der Waals surface area contributed by atoms with Crippen LogP contribution in [0.5, 0.6) is 11.5 Å². The van der Waals surface area contributed by atoms with Gasteiger partial charge in [-0.25, -0.2) is 0 Å². The number of hydrogen-bond acceptors (Lipinski definition) is 8. The van der Waals surface area contributed by atoms with E-state index in [0.29, 0.717) is 30.2 Å². The van der Waals surface area contributed by atoms with E-state index < -0.39 is 0 Å². The van der Waals surface area contributed by atoms with Crippen molar-refractivity contribution in [1.82, 2.24) is 20.0 Å². The van der Waals surface area contributed by atoms with Crippen molar-refractivity contribution >= 4 is 17.5 Å². The summed E-state index contributed by atoms with van der Waals surface area (Å²) < 4.78 is 10.7. The first-order valence-electron chi connectivity index (χ1n) is 10.4. The highest BCUT2D eigenvalue weighted by molar-refractivity contribution is 5.95. The van der Waals surface area contributed by atoms with Crippen molar-refractivity contribution in [2.45, 2.75) is 0 Å². The molecule has 0 N–H and O–H groups in total. The summed E-state index contributed by atoms with van der Waals surface area (Å²) in [6.45, 7) is 7.02. The molecule has 0 radical (unpaired) electrons. The lowest BCUT2D eigenvalue weighted by molar-refractivity contribution is 0.0746. The van der Waals surface area contributed by atoms with Gasteiger partial charge in [-0.1, -0.05) is 0 Å². The molecule has 0 unspecified atom stereocenters. The van der Waals surface area contributed by atoms with E-state index in [-0.39, 0.29) is 12.7 Å². The van der Waals surface area contributed by atoms with Crippen molar-refractivity contribution in [2.24, 2.45) is 0 Å². The second-order valence-corrected chi connectivity index (χ2v) is 7.89. The standard InChI is InChI=1S/C21H26N6O3/c1-24-6-8-25(9-7-24)19-4-5-20(23-22-19)26-10-12-27(13-11-26)21(28)16-2-3-17-18(14-16)30-15-29-17/h2-5,14H,6-13,15H2,1H3. The maximum Gasteiger partial charge on any atom is 0.254 e. The molecule has 4 heterocycles. The summed E-state index contributed by atoms with van der Waals surface area (Å²) in [6.07, 6.45) is 0. The number of hydrogen-bond donors (Lipinski definition) is 0. The third kappa shape index (κ3) is 3.72. The molecule has 0 saturated carbocycles. The molecule has 9 heteroatoms. The van der Waals surface area contributed by atoms with E-state index in [1.54, 1.807) is 18.2 Å². The van der Waals surface area contributed by atoms with Crippen LogP contribution in [0.2, 0.25) is 0 Å². The normalized spacial score (nSPS) is 19.3. The highest BCUT2D eigenvalue weighted by Gasteiger charge is 2.25. The number of nitrogens with zero attached hydrogens (tertiary/aromatic N) is 6. The van der Waals surface area contributed by atoms with Gasteiger partial charge in [0.1, 0.15) is 0 Å². The van der Waals surface area contributed by atoms with Crippen LogP contribution in [0.1, 0.15) is 10.4 Å². The lowest BCUT2D eigenvalue weighted by Crippen LogP contribution is -2.49. The molecular weight excluding hydrogens is 384 g/mol. The molecule has 30 heavy (non-hydrogen) atoms. The van der Waals surface area contributed by atoms with Crippen molar-refractivity contribution in [2.75, 3.05) is 76.0 Å². The van der Waals surface area contributed by atoms with Crippen LogP contribution in [0.15, 0.2) is 30.3 Å². The quantitative estimate of drug-likeness (QED) is 0.740. The van der Waals surface area contributed by atoms with E-state index in [1.807, 2.05) is 11.0 Å². The number of likely N-dealkylation sites (N-methyl/N-ethyl adjacent to an activating group) is 1. The van der Waals surface area contributed by atoms with Gasteiger partial charge in [-0.2, -0.15) is 0 Å². The number of fused-ring (bicyclic) bond motifs is 1. The molecule has 2 fully saturated rings. The van der Waals surface area contributed by atoms with Gasteiger partial charge >= 0.3 is 0 Å². The Hall–Kier alpha value is -3.07. The fraction of sp³-hybridized carbons (Fsp3) is 0.476. The number of aromatic nitrogens is 2. The molecule has 5 rings (SSSR count). The molecule has 3 aliphatic heterocycles. The van der Waals surface area contributed by atoms with E-state index in [1.165, 1.54) is 0 Å². The third-order valence-electron chi connectivity index (χ3n) is 5.97. The smallest absolute Gasteiger partial charge is 0.254 e. The van der Waals surface area contributed by atoms with Gasteiger partial charge in [-0.15, -0.1) is 10.2 Å². The number of anilines is 2. The number of carbonyl (C=O) groups excluding carboxylic acids is 1. The molecule has 3 aliphatic rings. The SMILES string of the molecule is CN1CCN(c2ccc(N3CCN(C(=O)c4ccc5c(c4)OCO5)CC3)nn2)CC1. The zero-order valence-electron chi connectivity index (χ0n) is 17.2. The van der Waals surface area contributed by atoms with Gasteiger partial charge in [0, 0.05) is 57.9 Å². The van der Waals surface area contributed by atoms with Gasteiger partial charge in [0.05, 0.1) is 0 Å². The molecule has 1 amide bonds. The Morgan fingerprint density at radius 1 is 0.800 bits per heavy atom. The minimum Gasteiger partial charge on any atom is -0.454 e. The molecule has 2 aromatic rings. The first-order chi connectivity index (χ1) is 14.7. The highest BCUT2D eigenvalue weighted by atomic mass is 16.7. The monoisotopic (exact) mass is 410 g/mol. The molecule has 0 aliphatic carbocycles. The molecule has 0 bridgehead atoms. The van der Waals surface area contributed by atoms with Crippen molar-refractivity contribution in [3.63, 3.8) is 0 Å². The fourth-order valence-electron chi connectivity index (χ4n) is 4.04. The molecule has 1 aromatic heterocycles. The van der Waals surface area contributed by atoms with Crippen LogP contribution in [-0.2, 0) is 0 Å². The summed E-state index contributed by atoms with van der Waals surface area (Å²) in [5, 5.41) is 8.90. The summed E-state index contributed by atoms with van der Waals surface area (Å²) >= 11 is 0. The number of carbonyl (C=O) groups is 1. The molecule has 1 aromatic carbocycles. The van der Waals surface area contributed by atoms with Crippen LogP contribution in [0.3, 0.4) is 0 Å². The van der Waals surface area contributed by atoms with Crippen LogP contribution < -0.4 is 19.3 Å². The highest BCUT2D eigenvalue weighted by Crippen LogP contribution is 2.33. The average molecular weight is 410 g/mol. The Morgan fingerprint density at radius 2 is 1.40 bits per heavy atom. The predicted octanol–water partition coefficient (Wildman–Crippen LogP) is 0.920. The first kappa shape index (κ1) is 18.9. The number of piperazine rings is 2. The van der Waals surface area contributed by atoms with Crippen molar-refractivity contribution < 1.29 is 14.3 Å². The van der Waals surface area contributed by atoms with Gasteiger partial charge in [0.2, 0.25) is 6.79 Å². The zero-order chi connectivity index (χ0) is 20.5. The van der Waals surface area contributed by atoms with E-state index in [9.17, 15) is 4.79 Å². The molecule has 2 saturated heterocycles. The molecule has 0 spiro atoms. The van der Waals surface area contributed by atoms with Gasteiger partial charge < -0.3 is 29.1 Å². The topological polar surface area (TPSA) is 74.3 Å². The van der Waals surface area contributed by atoms with Crippen molar-refractivity contribution in [1.29, 1.82) is 0 Å². The van der Waals surface area contributed by atoms with Crippen LogP contribution in [-0.4, -0.2) is 92.1 Å². The van der Waals surface area contributed by atoms with Gasteiger partial charge in [-0.05, 0) is 37.4 Å². The summed E-state index contributed by atoms with van der Waals surface area (Å²) in [7, 11) is 2.14. The zero-order valence-corrected chi connectivity index (χ0v) is 17.2. The third-order valence-corrected chi connectivity index (χ3v) is 5.97. The summed E-state index contributed by atoms with van der Waals surface area (Å²) in [6, 6.07) is 9.45. The predicted molar refractivity (Wildman–Crippen MR) is 112 cm³/mol. The Morgan fingerprint density at radius 3 is 2.03 bits per heavy atom. The summed E-state index contributed by atoms with van der Waals surface area (Å²) in [5.74, 6) is 3.14. The van der Waals surface area contributed by atoms with Crippen LogP contribution in [0, 0.1) is 0 Å². The second kappa shape index (κ2) is 7.98. The maximum absolute atomic E-state index is 12.9. The Kier molecular flexibility index (Phi) is 5.04. The molecular formula is C21H26N6O3. The van der Waals surface area contributed by atoms with Gasteiger partial charge in [0.25, 0.3) is 5.91 Å². The number of ether oxygens (including phenoxy) is 2. The maximum atomic E-state index is 12.9. The van der Waals surface area contributed by atoms with Crippen LogP contribution in [0.4, 0.5) is 11.6 Å². The van der Waals surface area contributed by atoms with E-state index in [4.69, 9.17) is 9.47 Å².